The normalized spacial score (nSPS) is 17.1. The summed E-state index contributed by atoms with van der Waals surface area (Å²) in [7, 11) is 0. The first-order valence-electron chi connectivity index (χ1n) is 9.55. The van der Waals surface area contributed by atoms with Gasteiger partial charge in [-0.05, 0) is 78.4 Å². The van der Waals surface area contributed by atoms with E-state index in [2.05, 4.69) is 29.8 Å². The Morgan fingerprint density at radius 1 is 1.31 bits per heavy atom. The number of amides is 1. The summed E-state index contributed by atoms with van der Waals surface area (Å²) >= 11 is 3.55. The van der Waals surface area contributed by atoms with Crippen LogP contribution >= 0.6 is 15.9 Å². The maximum Gasteiger partial charge on any atom is 0.410 e. The Labute approximate surface area is 166 Å². The first-order chi connectivity index (χ1) is 12.2. The molecule has 1 amide bonds. The molecule has 0 N–H and O–H groups in total. The van der Waals surface area contributed by atoms with Crippen molar-refractivity contribution in [3.05, 3.63) is 28.2 Å². The average molecular weight is 426 g/mol. The molecule has 2 rings (SSSR count). The summed E-state index contributed by atoms with van der Waals surface area (Å²) in [5.74, 6) is 1.61. The van der Waals surface area contributed by atoms with E-state index >= 15 is 0 Å². The second kappa shape index (κ2) is 9.12. The first kappa shape index (κ1) is 21.1. The van der Waals surface area contributed by atoms with Crippen LogP contribution in [0.3, 0.4) is 0 Å². The van der Waals surface area contributed by atoms with E-state index in [9.17, 15) is 4.79 Å². The third-order valence-corrected chi connectivity index (χ3v) is 5.65. The van der Waals surface area contributed by atoms with Gasteiger partial charge in [-0.3, -0.25) is 0 Å². The van der Waals surface area contributed by atoms with Crippen LogP contribution in [0, 0.1) is 12.8 Å². The molecule has 1 aromatic rings. The maximum absolute atomic E-state index is 12.1. The van der Waals surface area contributed by atoms with Crippen molar-refractivity contribution < 1.29 is 14.3 Å². The van der Waals surface area contributed by atoms with Crippen LogP contribution in [0.2, 0.25) is 0 Å². The van der Waals surface area contributed by atoms with Crippen LogP contribution in [0.1, 0.15) is 58.9 Å². The number of likely N-dealkylation sites (tertiary alicyclic amines) is 1. The SMILES string of the molecule is Cc1c(Br)cccc1OC(C)CCC1CCN(C(=O)OC(C)(C)C)CC1. The lowest BCUT2D eigenvalue weighted by molar-refractivity contribution is 0.0177. The molecule has 0 radical (unpaired) electrons. The van der Waals surface area contributed by atoms with Crippen LogP contribution in [-0.4, -0.2) is 35.8 Å². The number of rotatable bonds is 5. The summed E-state index contributed by atoms with van der Waals surface area (Å²) in [5.41, 5.74) is 0.718. The van der Waals surface area contributed by atoms with Gasteiger partial charge in [0, 0.05) is 23.1 Å². The number of ether oxygens (including phenoxy) is 2. The standard InChI is InChI=1S/C21H32BrNO3/c1-15(25-19-8-6-7-18(22)16(19)2)9-10-17-11-13-23(14-12-17)20(24)26-21(3,4)5/h6-8,15,17H,9-14H2,1-5H3. The second-order valence-corrected chi connectivity index (χ2v) is 9.13. The molecule has 1 unspecified atom stereocenters. The summed E-state index contributed by atoms with van der Waals surface area (Å²) in [4.78, 5) is 14.0. The molecule has 1 fully saturated rings. The van der Waals surface area contributed by atoms with E-state index in [-0.39, 0.29) is 12.2 Å². The number of halogens is 1. The minimum Gasteiger partial charge on any atom is -0.490 e. The fraction of sp³-hybridized carbons (Fsp3) is 0.667. The minimum atomic E-state index is -0.425. The lowest BCUT2D eigenvalue weighted by Crippen LogP contribution is -2.41. The molecule has 0 aliphatic carbocycles. The van der Waals surface area contributed by atoms with E-state index in [1.54, 1.807) is 0 Å². The smallest absolute Gasteiger partial charge is 0.410 e. The van der Waals surface area contributed by atoms with Gasteiger partial charge in [0.1, 0.15) is 11.4 Å². The zero-order valence-electron chi connectivity index (χ0n) is 16.7. The fourth-order valence-electron chi connectivity index (χ4n) is 3.19. The molecule has 5 heteroatoms. The maximum atomic E-state index is 12.1. The third-order valence-electron chi connectivity index (χ3n) is 4.79. The van der Waals surface area contributed by atoms with E-state index in [1.165, 1.54) is 0 Å². The van der Waals surface area contributed by atoms with Crippen molar-refractivity contribution in [1.82, 2.24) is 4.90 Å². The van der Waals surface area contributed by atoms with E-state index < -0.39 is 5.60 Å². The molecule has 0 spiro atoms. The Balaban J connectivity index is 1.72. The topological polar surface area (TPSA) is 38.8 Å². The minimum absolute atomic E-state index is 0.183. The van der Waals surface area contributed by atoms with E-state index in [4.69, 9.17) is 9.47 Å². The van der Waals surface area contributed by atoms with Crippen LogP contribution in [0.5, 0.6) is 5.75 Å². The summed E-state index contributed by atoms with van der Waals surface area (Å²) < 4.78 is 12.7. The summed E-state index contributed by atoms with van der Waals surface area (Å²) in [6.45, 7) is 11.5. The van der Waals surface area contributed by atoms with Crippen LogP contribution < -0.4 is 4.74 Å². The molecule has 0 bridgehead atoms. The Bertz CT molecular complexity index is 604. The second-order valence-electron chi connectivity index (χ2n) is 8.28. The molecule has 1 aromatic carbocycles. The molecule has 1 aliphatic rings. The Hall–Kier alpha value is -1.23. The van der Waals surface area contributed by atoms with E-state index in [0.717, 1.165) is 54.6 Å². The highest BCUT2D eigenvalue weighted by molar-refractivity contribution is 9.10. The first-order valence-corrected chi connectivity index (χ1v) is 10.3. The predicted octanol–water partition coefficient (Wildman–Crippen LogP) is 5.95. The zero-order chi connectivity index (χ0) is 19.3. The van der Waals surface area contributed by atoms with Gasteiger partial charge in [-0.15, -0.1) is 0 Å². The molecule has 26 heavy (non-hydrogen) atoms. The number of benzene rings is 1. The summed E-state index contributed by atoms with van der Waals surface area (Å²) in [5, 5.41) is 0. The average Bonchev–Trinajstić information content (AvgIpc) is 2.56. The Morgan fingerprint density at radius 2 is 1.96 bits per heavy atom. The lowest BCUT2D eigenvalue weighted by Gasteiger charge is -2.33. The van der Waals surface area contributed by atoms with Gasteiger partial charge in [-0.25, -0.2) is 4.79 Å². The van der Waals surface area contributed by atoms with Crippen LogP contribution in [0.4, 0.5) is 4.79 Å². The number of piperidine rings is 1. The predicted molar refractivity (Wildman–Crippen MR) is 109 cm³/mol. The van der Waals surface area contributed by atoms with Gasteiger partial charge in [0.15, 0.2) is 0 Å². The largest absolute Gasteiger partial charge is 0.490 e. The fourth-order valence-corrected chi connectivity index (χ4v) is 3.54. The van der Waals surface area contributed by atoms with Crippen molar-refractivity contribution in [2.45, 2.75) is 72.0 Å². The molecule has 0 aromatic heterocycles. The third kappa shape index (κ3) is 6.49. The summed E-state index contributed by atoms with van der Waals surface area (Å²) in [6.07, 6.45) is 4.26. The van der Waals surface area contributed by atoms with Crippen molar-refractivity contribution in [2.24, 2.45) is 5.92 Å². The lowest BCUT2D eigenvalue weighted by atomic mass is 9.91. The van der Waals surface area contributed by atoms with Gasteiger partial charge in [-0.1, -0.05) is 22.0 Å². The highest BCUT2D eigenvalue weighted by atomic mass is 79.9. The van der Waals surface area contributed by atoms with E-state index in [0.29, 0.717) is 5.92 Å². The van der Waals surface area contributed by atoms with Crippen molar-refractivity contribution >= 4 is 22.0 Å². The van der Waals surface area contributed by atoms with Gasteiger partial charge >= 0.3 is 6.09 Å². The number of hydrogen-bond acceptors (Lipinski definition) is 3. The zero-order valence-corrected chi connectivity index (χ0v) is 18.3. The van der Waals surface area contributed by atoms with Gasteiger partial charge in [0.25, 0.3) is 0 Å². The van der Waals surface area contributed by atoms with Gasteiger partial charge < -0.3 is 14.4 Å². The monoisotopic (exact) mass is 425 g/mol. The van der Waals surface area contributed by atoms with Crippen LogP contribution in [0.15, 0.2) is 22.7 Å². The van der Waals surface area contributed by atoms with Gasteiger partial charge in [0.2, 0.25) is 0 Å². The summed E-state index contributed by atoms with van der Waals surface area (Å²) in [6, 6.07) is 6.06. The molecule has 1 atom stereocenters. The number of nitrogens with zero attached hydrogens (tertiary/aromatic N) is 1. The molecular formula is C21H32BrNO3. The van der Waals surface area contributed by atoms with Crippen molar-refractivity contribution in [1.29, 1.82) is 0 Å². The highest BCUT2D eigenvalue weighted by Gasteiger charge is 2.27. The molecule has 1 saturated heterocycles. The van der Waals surface area contributed by atoms with Crippen molar-refractivity contribution in [3.8, 4) is 5.75 Å². The van der Waals surface area contributed by atoms with Crippen molar-refractivity contribution in [3.63, 3.8) is 0 Å². The number of carbonyl (C=O) groups is 1. The molecule has 0 saturated carbocycles. The molecular weight excluding hydrogens is 394 g/mol. The molecule has 1 heterocycles. The number of hydrogen-bond donors (Lipinski definition) is 0. The van der Waals surface area contributed by atoms with E-state index in [1.807, 2.05) is 43.9 Å². The van der Waals surface area contributed by atoms with Crippen molar-refractivity contribution in [2.75, 3.05) is 13.1 Å². The Kier molecular flexibility index (Phi) is 7.39. The van der Waals surface area contributed by atoms with Gasteiger partial charge in [-0.2, -0.15) is 0 Å². The van der Waals surface area contributed by atoms with Crippen LogP contribution in [-0.2, 0) is 4.74 Å². The number of carbonyl (C=O) groups excluding carboxylic acids is 1. The highest BCUT2D eigenvalue weighted by Crippen LogP contribution is 2.28. The molecule has 146 valence electrons. The molecule has 4 nitrogen and oxygen atoms in total. The Morgan fingerprint density at radius 3 is 2.58 bits per heavy atom. The van der Waals surface area contributed by atoms with Gasteiger partial charge in [0.05, 0.1) is 6.10 Å². The molecule has 1 aliphatic heterocycles. The quantitative estimate of drug-likeness (QED) is 0.584. The van der Waals surface area contributed by atoms with Crippen LogP contribution in [0.25, 0.3) is 0 Å².